The van der Waals surface area contributed by atoms with Crippen molar-refractivity contribution in [3.05, 3.63) is 0 Å². The summed E-state index contributed by atoms with van der Waals surface area (Å²) >= 11 is 0. The van der Waals surface area contributed by atoms with Crippen molar-refractivity contribution in [2.75, 3.05) is 0 Å². The van der Waals surface area contributed by atoms with E-state index in [-0.39, 0.29) is 6.42 Å². The van der Waals surface area contributed by atoms with Gasteiger partial charge in [0.05, 0.1) is 5.92 Å². The van der Waals surface area contributed by atoms with Crippen LogP contribution in [0.2, 0.25) is 0 Å². The first-order valence-electron chi connectivity index (χ1n) is 4.92. The summed E-state index contributed by atoms with van der Waals surface area (Å²) in [4.78, 5) is 22.4. The predicted molar refractivity (Wildman–Crippen MR) is 56.7 cm³/mol. The summed E-state index contributed by atoms with van der Waals surface area (Å²) in [7, 11) is 0. The molecule has 0 saturated heterocycles. The molecule has 88 valence electrons. The Bertz CT molecular complexity index is 363. The van der Waals surface area contributed by atoms with Gasteiger partial charge in [-0.05, 0) is 27.2 Å². The van der Waals surface area contributed by atoms with E-state index in [0.29, 0.717) is 0 Å². The molecule has 5 heteroatoms. The van der Waals surface area contributed by atoms with Gasteiger partial charge in [-0.2, -0.15) is 0 Å². The normalized spacial score (nSPS) is 27.8. The second kappa shape index (κ2) is 3.71. The average Bonchev–Trinajstić information content (AvgIpc) is 2.76. The Balaban J connectivity index is 2.64. The molecule has 2 atom stereocenters. The molecule has 2 N–H and O–H groups in total. The topological polar surface area (TPSA) is 75.6 Å². The molecule has 0 heterocycles. The molecule has 0 bridgehead atoms. The minimum atomic E-state index is -1.34. The van der Waals surface area contributed by atoms with E-state index in [9.17, 15) is 9.59 Å². The van der Waals surface area contributed by atoms with Crippen LogP contribution in [0.1, 0.15) is 27.2 Å². The van der Waals surface area contributed by atoms with E-state index >= 15 is 0 Å². The Morgan fingerprint density at radius 2 is 2.12 bits per heavy atom. The van der Waals surface area contributed by atoms with Gasteiger partial charge in [0.15, 0.2) is 5.54 Å². The number of ether oxygens (including phenoxy) is 1. The smallest absolute Gasteiger partial charge is 0.408 e. The number of carbonyl (C=O) groups is 2. The third-order valence-corrected chi connectivity index (χ3v) is 2.27. The van der Waals surface area contributed by atoms with Crippen molar-refractivity contribution >= 4 is 12.1 Å². The van der Waals surface area contributed by atoms with Gasteiger partial charge in [0.25, 0.3) is 0 Å². The maximum absolute atomic E-state index is 11.4. The fourth-order valence-corrected chi connectivity index (χ4v) is 1.38. The number of carboxylic acid groups (broad SMARTS) is 1. The molecule has 0 aromatic rings. The van der Waals surface area contributed by atoms with E-state index in [1.165, 1.54) is 0 Å². The molecule has 5 nitrogen and oxygen atoms in total. The first-order chi connectivity index (χ1) is 7.21. The molecular formula is C11H15NO4. The number of nitrogens with one attached hydrogen (secondary N) is 1. The molecule has 1 fully saturated rings. The van der Waals surface area contributed by atoms with Gasteiger partial charge in [0.1, 0.15) is 5.60 Å². The van der Waals surface area contributed by atoms with Crippen LogP contribution in [0, 0.1) is 18.3 Å². The van der Waals surface area contributed by atoms with Crippen LogP contribution >= 0.6 is 0 Å². The quantitative estimate of drug-likeness (QED) is 0.687. The van der Waals surface area contributed by atoms with Crippen molar-refractivity contribution in [2.24, 2.45) is 5.92 Å². The maximum Gasteiger partial charge on any atom is 0.408 e. The summed E-state index contributed by atoms with van der Waals surface area (Å²) in [5.41, 5.74) is -2.00. The summed E-state index contributed by atoms with van der Waals surface area (Å²) in [6, 6.07) is 0. The van der Waals surface area contributed by atoms with Gasteiger partial charge < -0.3 is 15.2 Å². The molecule has 1 amide bonds. The second-order valence-corrected chi connectivity index (χ2v) is 4.83. The molecule has 0 aromatic carbocycles. The third kappa shape index (κ3) is 2.45. The summed E-state index contributed by atoms with van der Waals surface area (Å²) in [6.45, 7) is 5.10. The van der Waals surface area contributed by atoms with E-state index < -0.39 is 29.1 Å². The Kier molecular flexibility index (Phi) is 2.87. The van der Waals surface area contributed by atoms with E-state index in [2.05, 4.69) is 11.2 Å². The minimum Gasteiger partial charge on any atom is -0.479 e. The fourth-order valence-electron chi connectivity index (χ4n) is 1.38. The number of alkyl carbamates (subject to hydrolysis) is 1. The number of terminal acetylenes is 1. The molecule has 0 radical (unpaired) electrons. The van der Waals surface area contributed by atoms with E-state index in [1.807, 2.05) is 0 Å². The van der Waals surface area contributed by atoms with Crippen molar-refractivity contribution in [2.45, 2.75) is 38.3 Å². The zero-order chi connectivity index (χ0) is 12.6. The Morgan fingerprint density at radius 3 is 2.44 bits per heavy atom. The highest BCUT2D eigenvalue weighted by Crippen LogP contribution is 2.43. The van der Waals surface area contributed by atoms with E-state index in [4.69, 9.17) is 16.3 Å². The van der Waals surface area contributed by atoms with Gasteiger partial charge in [0.2, 0.25) is 0 Å². The molecule has 0 unspecified atom stereocenters. The number of carboxylic acids is 1. The Hall–Kier alpha value is -1.70. The Labute approximate surface area is 94.2 Å². The zero-order valence-corrected chi connectivity index (χ0v) is 9.53. The number of aliphatic carboxylic acids is 1. The summed E-state index contributed by atoms with van der Waals surface area (Å²) < 4.78 is 4.97. The predicted octanol–water partition coefficient (Wildman–Crippen LogP) is 0.988. The molecule has 0 aliphatic heterocycles. The van der Waals surface area contributed by atoms with Crippen LogP contribution in [-0.2, 0) is 9.53 Å². The highest BCUT2D eigenvalue weighted by atomic mass is 16.6. The number of hydrogen-bond donors (Lipinski definition) is 2. The maximum atomic E-state index is 11.4. The summed E-state index contributed by atoms with van der Waals surface area (Å²) in [5.74, 6) is 0.744. The molecule has 1 saturated carbocycles. The highest BCUT2D eigenvalue weighted by molar-refractivity contribution is 5.89. The van der Waals surface area contributed by atoms with Gasteiger partial charge in [0, 0.05) is 0 Å². The van der Waals surface area contributed by atoms with Crippen LogP contribution in [0.25, 0.3) is 0 Å². The highest BCUT2D eigenvalue weighted by Gasteiger charge is 2.61. The minimum absolute atomic E-state index is 0.248. The van der Waals surface area contributed by atoms with Crippen LogP contribution in [0.3, 0.4) is 0 Å². The lowest BCUT2D eigenvalue weighted by molar-refractivity contribution is -0.141. The molecule has 16 heavy (non-hydrogen) atoms. The SMILES string of the molecule is C#C[C@@H]1C[C@]1(NC(=O)OC(C)(C)C)C(=O)O. The van der Waals surface area contributed by atoms with Gasteiger partial charge in [-0.1, -0.05) is 0 Å². The van der Waals surface area contributed by atoms with Crippen molar-refractivity contribution < 1.29 is 19.4 Å². The van der Waals surface area contributed by atoms with Crippen LogP contribution in [0.5, 0.6) is 0 Å². The molecule has 0 spiro atoms. The molecule has 1 rings (SSSR count). The number of rotatable bonds is 2. The fraction of sp³-hybridized carbons (Fsp3) is 0.636. The summed E-state index contributed by atoms with van der Waals surface area (Å²) in [5, 5.41) is 11.3. The summed E-state index contributed by atoms with van der Waals surface area (Å²) in [6.07, 6.45) is 4.64. The van der Waals surface area contributed by atoms with Crippen LogP contribution in [0.4, 0.5) is 4.79 Å². The lowest BCUT2D eigenvalue weighted by Crippen LogP contribution is -2.46. The first kappa shape index (κ1) is 12.4. The largest absolute Gasteiger partial charge is 0.479 e. The van der Waals surface area contributed by atoms with Gasteiger partial charge in [-0.25, -0.2) is 9.59 Å². The van der Waals surface area contributed by atoms with E-state index in [0.717, 1.165) is 0 Å². The van der Waals surface area contributed by atoms with Gasteiger partial charge in [-0.15, -0.1) is 12.3 Å². The van der Waals surface area contributed by atoms with E-state index in [1.54, 1.807) is 20.8 Å². The first-order valence-corrected chi connectivity index (χ1v) is 4.92. The number of hydrogen-bond acceptors (Lipinski definition) is 3. The molecule has 1 aliphatic carbocycles. The standard InChI is InChI=1S/C11H15NO4/c1-5-7-6-11(7,8(13)14)12-9(15)16-10(2,3)4/h1,7H,6H2,2-4H3,(H,12,15)(H,13,14)/t7-,11-/m1/s1. The third-order valence-electron chi connectivity index (χ3n) is 2.27. The second-order valence-electron chi connectivity index (χ2n) is 4.83. The average molecular weight is 225 g/mol. The zero-order valence-electron chi connectivity index (χ0n) is 9.53. The van der Waals surface area contributed by atoms with Crippen molar-refractivity contribution in [3.8, 4) is 12.3 Å². The van der Waals surface area contributed by atoms with Crippen molar-refractivity contribution in [3.63, 3.8) is 0 Å². The Morgan fingerprint density at radius 1 is 1.56 bits per heavy atom. The molecule has 1 aliphatic rings. The van der Waals surface area contributed by atoms with Crippen molar-refractivity contribution in [1.29, 1.82) is 0 Å². The number of carbonyl (C=O) groups excluding carboxylic acids is 1. The van der Waals surface area contributed by atoms with Gasteiger partial charge >= 0.3 is 12.1 Å². The monoisotopic (exact) mass is 225 g/mol. The number of amides is 1. The van der Waals surface area contributed by atoms with Gasteiger partial charge in [-0.3, -0.25) is 0 Å². The van der Waals surface area contributed by atoms with Crippen LogP contribution in [0.15, 0.2) is 0 Å². The lowest BCUT2D eigenvalue weighted by atomic mass is 10.2. The van der Waals surface area contributed by atoms with Crippen molar-refractivity contribution in [1.82, 2.24) is 5.32 Å². The van der Waals surface area contributed by atoms with Crippen LogP contribution < -0.4 is 5.32 Å². The van der Waals surface area contributed by atoms with Crippen LogP contribution in [-0.4, -0.2) is 28.3 Å². The lowest BCUT2D eigenvalue weighted by Gasteiger charge is -2.21. The molecule has 0 aromatic heterocycles. The molecular weight excluding hydrogens is 210 g/mol.